The van der Waals surface area contributed by atoms with Gasteiger partial charge in [0.15, 0.2) is 5.58 Å². The van der Waals surface area contributed by atoms with Gasteiger partial charge in [-0.05, 0) is 60.5 Å². The maximum Gasteiger partial charge on any atom is 0.160 e. The first-order valence-corrected chi connectivity index (χ1v) is 18.0. The van der Waals surface area contributed by atoms with Crippen LogP contribution in [0.5, 0.6) is 5.75 Å². The number of ether oxygens (including phenoxy) is 1. The van der Waals surface area contributed by atoms with Crippen molar-refractivity contribution in [3.63, 3.8) is 0 Å². The molecule has 4 heterocycles. The van der Waals surface area contributed by atoms with Crippen molar-refractivity contribution >= 4 is 66.5 Å². The third kappa shape index (κ3) is 3.70. The van der Waals surface area contributed by atoms with Crippen LogP contribution in [0, 0.1) is 0 Å². The van der Waals surface area contributed by atoms with Crippen LogP contribution in [0.25, 0.3) is 89.0 Å². The number of nitrogens with zero attached hydrogens (tertiary/aromatic N) is 2. The predicted molar refractivity (Wildman–Crippen MR) is 212 cm³/mol. The molecule has 0 bridgehead atoms. The van der Waals surface area contributed by atoms with Crippen molar-refractivity contribution in [1.29, 1.82) is 0 Å². The van der Waals surface area contributed by atoms with Gasteiger partial charge in [0, 0.05) is 49.0 Å². The Bertz CT molecular complexity index is 3260. The number of benzene rings is 7. The molecule has 7 aromatic carbocycles. The third-order valence-corrected chi connectivity index (χ3v) is 11.3. The Balaban J connectivity index is 1.12. The van der Waals surface area contributed by atoms with Crippen molar-refractivity contribution in [3.05, 3.63) is 174 Å². The first-order valence-electron chi connectivity index (χ1n) is 18.0. The summed E-state index contributed by atoms with van der Waals surface area (Å²) in [5, 5.41) is 8.28. The van der Waals surface area contributed by atoms with Gasteiger partial charge in [-0.15, -0.1) is 0 Å². The molecule has 0 amide bonds. The van der Waals surface area contributed by atoms with Gasteiger partial charge >= 0.3 is 0 Å². The van der Waals surface area contributed by atoms with E-state index >= 15 is 0 Å². The molecule has 244 valence electrons. The van der Waals surface area contributed by atoms with Crippen molar-refractivity contribution in [1.82, 2.24) is 9.13 Å². The first-order chi connectivity index (χ1) is 25.8. The first kappa shape index (κ1) is 28.0. The summed E-state index contributed by atoms with van der Waals surface area (Å²) in [5.41, 5.74) is 11.0. The van der Waals surface area contributed by atoms with Gasteiger partial charge in [-0.1, -0.05) is 115 Å². The van der Waals surface area contributed by atoms with Gasteiger partial charge < -0.3 is 18.3 Å². The number of hydrogen-bond donors (Lipinski definition) is 0. The standard InChI is InChI=1S/C48H30N2O2/c1-6-19-40(50-42-21-8-3-16-33(42)37-25-27-39-35-18-5-10-23-44(35)52-48(39)46(37)50)31(14-1)29-12-11-13-30(28-29)49-41-20-7-2-15-32(41)36-24-26-38-34-17-4-9-22-43(34)51-47(38)45(36)49/h1-26,28,39H,27H2. The minimum Gasteiger partial charge on any atom is -0.459 e. The fraction of sp³-hybridized carbons (Fsp3) is 0.0417. The van der Waals surface area contributed by atoms with Crippen LogP contribution in [0.1, 0.15) is 17.9 Å². The predicted octanol–water partition coefficient (Wildman–Crippen LogP) is 10.8. The fourth-order valence-corrected chi connectivity index (χ4v) is 9.06. The molecule has 0 saturated carbocycles. The Morgan fingerprint density at radius 1 is 0.558 bits per heavy atom. The zero-order chi connectivity index (χ0) is 33.9. The molecule has 1 aliphatic heterocycles. The van der Waals surface area contributed by atoms with E-state index in [0.717, 1.165) is 78.8 Å². The Kier molecular flexibility index (Phi) is 5.58. The highest BCUT2D eigenvalue weighted by Gasteiger charge is 2.33. The minimum atomic E-state index is 0.202. The van der Waals surface area contributed by atoms with Crippen LogP contribution in [0.3, 0.4) is 0 Å². The molecule has 1 unspecified atom stereocenters. The molecule has 0 spiro atoms. The Labute approximate surface area is 298 Å². The monoisotopic (exact) mass is 666 g/mol. The van der Waals surface area contributed by atoms with Gasteiger partial charge in [0.25, 0.3) is 0 Å². The summed E-state index contributed by atoms with van der Waals surface area (Å²) in [5.74, 6) is 2.21. The van der Waals surface area contributed by atoms with E-state index in [1.54, 1.807) is 0 Å². The lowest BCUT2D eigenvalue weighted by Crippen LogP contribution is -2.36. The second kappa shape index (κ2) is 10.4. The Morgan fingerprint density at radius 3 is 2.21 bits per heavy atom. The maximum absolute atomic E-state index is 6.75. The van der Waals surface area contributed by atoms with Crippen LogP contribution in [-0.2, 0) is 0 Å². The van der Waals surface area contributed by atoms with Crippen LogP contribution >= 0.6 is 0 Å². The smallest absolute Gasteiger partial charge is 0.160 e. The third-order valence-electron chi connectivity index (χ3n) is 11.3. The van der Waals surface area contributed by atoms with Crippen molar-refractivity contribution < 1.29 is 9.15 Å². The molecule has 12 rings (SSSR count). The molecule has 10 aromatic rings. The Morgan fingerprint density at radius 2 is 1.29 bits per heavy atom. The molecule has 1 aliphatic carbocycles. The van der Waals surface area contributed by atoms with Gasteiger partial charge in [-0.2, -0.15) is 0 Å². The lowest BCUT2D eigenvalue weighted by atomic mass is 9.91. The van der Waals surface area contributed by atoms with Crippen molar-refractivity contribution in [2.45, 2.75) is 12.3 Å². The zero-order valence-corrected chi connectivity index (χ0v) is 28.1. The van der Waals surface area contributed by atoms with Crippen LogP contribution in [0.4, 0.5) is 0 Å². The van der Waals surface area contributed by atoms with E-state index in [9.17, 15) is 0 Å². The maximum atomic E-state index is 6.75. The van der Waals surface area contributed by atoms with Crippen LogP contribution in [-0.4, -0.2) is 9.13 Å². The lowest BCUT2D eigenvalue weighted by molar-refractivity contribution is 0.505. The van der Waals surface area contributed by atoms with E-state index in [1.807, 2.05) is 6.07 Å². The molecule has 4 heteroatoms. The van der Waals surface area contributed by atoms with Gasteiger partial charge in [0.1, 0.15) is 17.1 Å². The van der Waals surface area contributed by atoms with E-state index in [0.29, 0.717) is 0 Å². The number of hydrogen-bond acceptors (Lipinski definition) is 2. The molecule has 0 radical (unpaired) electrons. The van der Waals surface area contributed by atoms with Crippen molar-refractivity contribution in [2.75, 3.05) is 0 Å². The summed E-state index contributed by atoms with van der Waals surface area (Å²) < 4.78 is 18.2. The second-order valence-corrected chi connectivity index (χ2v) is 14.0. The SMILES string of the molecule is C1=c2c(n(-c3ccccc3-c3cccc(-n4c5ccccc5c5ccc6c7ccccc7oc6c54)c3)c3ccccc23)=C2Oc3ccccc3C2C1. The number of rotatable bonds is 3. The van der Waals surface area contributed by atoms with Crippen LogP contribution in [0.2, 0.25) is 0 Å². The topological polar surface area (TPSA) is 32.2 Å². The number of fused-ring (bicyclic) bond motifs is 13. The van der Waals surface area contributed by atoms with Crippen LogP contribution in [0.15, 0.2) is 162 Å². The average molecular weight is 667 g/mol. The molecule has 0 fully saturated rings. The molecule has 0 saturated heterocycles. The van der Waals surface area contributed by atoms with Gasteiger partial charge in [0.2, 0.25) is 0 Å². The molecule has 2 aliphatic rings. The highest BCUT2D eigenvalue weighted by Crippen LogP contribution is 2.45. The normalized spacial score (nSPS) is 14.9. The fourth-order valence-electron chi connectivity index (χ4n) is 9.06. The summed E-state index contributed by atoms with van der Waals surface area (Å²) >= 11 is 0. The minimum absolute atomic E-state index is 0.202. The number of aromatic nitrogens is 2. The van der Waals surface area contributed by atoms with E-state index in [-0.39, 0.29) is 5.92 Å². The molecule has 0 N–H and O–H groups in total. The quantitative estimate of drug-likeness (QED) is 0.188. The van der Waals surface area contributed by atoms with E-state index in [4.69, 9.17) is 9.15 Å². The van der Waals surface area contributed by atoms with Crippen LogP contribution < -0.4 is 15.3 Å². The second-order valence-electron chi connectivity index (χ2n) is 14.0. The highest BCUT2D eigenvalue weighted by atomic mass is 16.5. The van der Waals surface area contributed by atoms with E-state index in [1.165, 1.54) is 32.5 Å². The molecule has 4 nitrogen and oxygen atoms in total. The average Bonchev–Trinajstić information content (AvgIpc) is 3.95. The van der Waals surface area contributed by atoms with E-state index in [2.05, 4.69) is 167 Å². The summed E-state index contributed by atoms with van der Waals surface area (Å²) in [4.78, 5) is 0. The summed E-state index contributed by atoms with van der Waals surface area (Å²) in [6.07, 6.45) is 3.34. The molecule has 1 atom stereocenters. The lowest BCUT2D eigenvalue weighted by Gasteiger charge is -2.17. The summed E-state index contributed by atoms with van der Waals surface area (Å²) in [6, 6.07) is 56.5. The highest BCUT2D eigenvalue weighted by molar-refractivity contribution is 6.21. The number of furan rings is 1. The summed E-state index contributed by atoms with van der Waals surface area (Å²) in [7, 11) is 0. The van der Waals surface area contributed by atoms with E-state index < -0.39 is 0 Å². The molecule has 52 heavy (non-hydrogen) atoms. The van der Waals surface area contributed by atoms with Gasteiger partial charge in [-0.3, -0.25) is 0 Å². The molecular weight excluding hydrogens is 637 g/mol. The largest absolute Gasteiger partial charge is 0.459 e. The van der Waals surface area contributed by atoms with Gasteiger partial charge in [-0.25, -0.2) is 0 Å². The zero-order valence-electron chi connectivity index (χ0n) is 28.1. The van der Waals surface area contributed by atoms with Gasteiger partial charge in [0.05, 0.1) is 33.5 Å². The Hall–Kier alpha value is -6.78. The van der Waals surface area contributed by atoms with Crippen molar-refractivity contribution in [3.8, 4) is 28.3 Å². The van der Waals surface area contributed by atoms with Crippen molar-refractivity contribution in [2.24, 2.45) is 0 Å². The number of para-hydroxylation sites is 5. The summed E-state index contributed by atoms with van der Waals surface area (Å²) in [6.45, 7) is 0. The molecule has 3 aromatic heterocycles. The molecular formula is C48H30N2O2.